The first-order valence-corrected chi connectivity index (χ1v) is 10.3. The van der Waals surface area contributed by atoms with Crippen LogP contribution in [-0.4, -0.2) is 28.8 Å². The molecule has 0 aliphatic rings. The maximum Gasteiger partial charge on any atom is 0.148 e. The van der Waals surface area contributed by atoms with Crippen LogP contribution in [-0.2, 0) is 13.1 Å². The third-order valence-corrected chi connectivity index (χ3v) is 5.46. The fraction of sp³-hybridized carbons (Fsp3) is 0.174. The molecule has 4 rings (SSSR count). The fourth-order valence-electron chi connectivity index (χ4n) is 3.32. The Hall–Kier alpha value is -2.96. The van der Waals surface area contributed by atoms with Crippen molar-refractivity contribution in [3.8, 4) is 22.7 Å². The van der Waals surface area contributed by atoms with E-state index in [0.29, 0.717) is 12.2 Å². The highest BCUT2D eigenvalue weighted by Crippen LogP contribution is 2.27. The Bertz CT molecular complexity index is 1070. The minimum Gasteiger partial charge on any atom is -0.497 e. The molecule has 4 nitrogen and oxygen atoms in total. The lowest BCUT2D eigenvalue weighted by Crippen LogP contribution is -2.17. The Balaban J connectivity index is 1.69. The highest BCUT2D eigenvalue weighted by atomic mass is 32.1. The molecule has 148 valence electrons. The fourth-order valence-corrected chi connectivity index (χ4v) is 3.98. The maximum absolute atomic E-state index is 14.3. The minimum absolute atomic E-state index is 0.297. The summed E-state index contributed by atoms with van der Waals surface area (Å²) in [5.41, 5.74) is 4.57. The number of ether oxygens (including phenoxy) is 1. The number of hydrogen-bond donors (Lipinski definition) is 0. The SMILES string of the molecule is COc1ccc(-c2nn(-c3ccccc3F)cc2CN(C)Cc2ccsc2)cc1. The molecule has 0 bridgehead atoms. The molecule has 6 heteroatoms. The first-order valence-electron chi connectivity index (χ1n) is 9.31. The molecule has 0 saturated carbocycles. The molecule has 0 aliphatic heterocycles. The summed E-state index contributed by atoms with van der Waals surface area (Å²) in [6, 6.07) is 16.6. The minimum atomic E-state index is -0.297. The molecule has 0 aliphatic carbocycles. The van der Waals surface area contributed by atoms with Gasteiger partial charge in [-0.05, 0) is 65.8 Å². The van der Waals surface area contributed by atoms with Gasteiger partial charge in [-0.1, -0.05) is 12.1 Å². The standard InChI is InChI=1S/C23H22FN3OS/c1-26(13-17-11-12-29-16-17)14-19-15-27(22-6-4-3-5-21(22)24)25-23(19)18-7-9-20(28-2)10-8-18/h3-12,15-16H,13-14H2,1-2H3. The van der Waals surface area contributed by atoms with Crippen LogP contribution in [0.5, 0.6) is 5.75 Å². The number of benzene rings is 2. The van der Waals surface area contributed by atoms with Crippen molar-refractivity contribution in [1.29, 1.82) is 0 Å². The maximum atomic E-state index is 14.3. The molecule has 0 amide bonds. The van der Waals surface area contributed by atoms with Gasteiger partial charge in [-0.3, -0.25) is 4.90 Å². The molecular weight excluding hydrogens is 385 g/mol. The van der Waals surface area contributed by atoms with Crippen LogP contribution in [0.1, 0.15) is 11.1 Å². The van der Waals surface area contributed by atoms with E-state index >= 15 is 0 Å². The molecule has 2 aromatic carbocycles. The van der Waals surface area contributed by atoms with Gasteiger partial charge in [-0.2, -0.15) is 16.4 Å². The van der Waals surface area contributed by atoms with Crippen molar-refractivity contribution >= 4 is 11.3 Å². The molecular formula is C23H22FN3OS. The number of thiophene rings is 1. The predicted molar refractivity (Wildman–Crippen MR) is 115 cm³/mol. The van der Waals surface area contributed by atoms with Gasteiger partial charge >= 0.3 is 0 Å². The second-order valence-electron chi connectivity index (χ2n) is 6.93. The van der Waals surface area contributed by atoms with Crippen molar-refractivity contribution < 1.29 is 9.13 Å². The van der Waals surface area contributed by atoms with E-state index in [1.54, 1.807) is 35.3 Å². The molecule has 0 saturated heterocycles. The van der Waals surface area contributed by atoms with Gasteiger partial charge in [0.15, 0.2) is 0 Å². The molecule has 2 heterocycles. The molecule has 4 aromatic rings. The van der Waals surface area contributed by atoms with E-state index in [1.165, 1.54) is 11.6 Å². The lowest BCUT2D eigenvalue weighted by molar-refractivity contribution is 0.320. The number of rotatable bonds is 7. The summed E-state index contributed by atoms with van der Waals surface area (Å²) in [6.07, 6.45) is 1.92. The zero-order chi connectivity index (χ0) is 20.2. The summed E-state index contributed by atoms with van der Waals surface area (Å²) in [4.78, 5) is 2.23. The molecule has 29 heavy (non-hydrogen) atoms. The Morgan fingerprint density at radius 1 is 1.07 bits per heavy atom. The van der Waals surface area contributed by atoms with Gasteiger partial charge < -0.3 is 4.74 Å². The van der Waals surface area contributed by atoms with Crippen LogP contribution >= 0.6 is 11.3 Å². The van der Waals surface area contributed by atoms with Gasteiger partial charge in [0.1, 0.15) is 17.3 Å². The van der Waals surface area contributed by atoms with Gasteiger partial charge in [-0.25, -0.2) is 9.07 Å². The molecule has 0 spiro atoms. The van der Waals surface area contributed by atoms with Crippen molar-refractivity contribution in [2.75, 3.05) is 14.2 Å². The average Bonchev–Trinajstić information content (AvgIpc) is 3.38. The Kier molecular flexibility index (Phi) is 5.74. The number of halogens is 1. The van der Waals surface area contributed by atoms with E-state index in [4.69, 9.17) is 9.84 Å². The first-order chi connectivity index (χ1) is 14.1. The smallest absolute Gasteiger partial charge is 0.148 e. The summed E-state index contributed by atoms with van der Waals surface area (Å²) in [5, 5.41) is 8.97. The van der Waals surface area contributed by atoms with Crippen LogP contribution in [0.3, 0.4) is 0 Å². The summed E-state index contributed by atoms with van der Waals surface area (Å²) >= 11 is 1.70. The number of nitrogens with zero attached hydrogens (tertiary/aromatic N) is 3. The second-order valence-corrected chi connectivity index (χ2v) is 7.71. The molecule has 0 fully saturated rings. The van der Waals surface area contributed by atoms with Gasteiger partial charge in [0, 0.05) is 30.4 Å². The van der Waals surface area contributed by atoms with Crippen LogP contribution < -0.4 is 4.74 Å². The largest absolute Gasteiger partial charge is 0.497 e. The number of para-hydroxylation sites is 1. The van der Waals surface area contributed by atoms with Crippen LogP contribution in [0, 0.1) is 5.82 Å². The topological polar surface area (TPSA) is 30.3 Å². The van der Waals surface area contributed by atoms with Gasteiger partial charge in [-0.15, -0.1) is 0 Å². The first kappa shape index (κ1) is 19.4. The molecule has 0 unspecified atom stereocenters. The zero-order valence-corrected chi connectivity index (χ0v) is 17.2. The average molecular weight is 408 g/mol. The third kappa shape index (κ3) is 4.39. The van der Waals surface area contributed by atoms with Crippen LogP contribution in [0.4, 0.5) is 4.39 Å². The van der Waals surface area contributed by atoms with Crippen LogP contribution in [0.2, 0.25) is 0 Å². The quantitative estimate of drug-likeness (QED) is 0.412. The molecule has 0 N–H and O–H groups in total. The highest BCUT2D eigenvalue weighted by Gasteiger charge is 2.16. The van der Waals surface area contributed by atoms with Crippen LogP contribution in [0.25, 0.3) is 16.9 Å². The van der Waals surface area contributed by atoms with Gasteiger partial charge in [0.05, 0.1) is 12.8 Å². The van der Waals surface area contributed by atoms with Crippen molar-refractivity contribution in [3.63, 3.8) is 0 Å². The monoisotopic (exact) mass is 407 g/mol. The summed E-state index contributed by atoms with van der Waals surface area (Å²) < 4.78 is 21.2. The van der Waals surface area contributed by atoms with Crippen molar-refractivity contribution in [1.82, 2.24) is 14.7 Å². The van der Waals surface area contributed by atoms with Crippen molar-refractivity contribution in [2.45, 2.75) is 13.1 Å². The van der Waals surface area contributed by atoms with Crippen molar-refractivity contribution in [3.05, 3.63) is 88.5 Å². The van der Waals surface area contributed by atoms with E-state index in [9.17, 15) is 4.39 Å². The van der Waals surface area contributed by atoms with E-state index in [1.807, 2.05) is 36.5 Å². The zero-order valence-electron chi connectivity index (χ0n) is 16.4. The number of hydrogen-bond acceptors (Lipinski definition) is 4. The summed E-state index contributed by atoms with van der Waals surface area (Å²) in [7, 11) is 3.72. The Labute approximate surface area is 173 Å². The lowest BCUT2D eigenvalue weighted by atomic mass is 10.1. The third-order valence-electron chi connectivity index (χ3n) is 4.73. The van der Waals surface area contributed by atoms with E-state index in [-0.39, 0.29) is 5.82 Å². The predicted octanol–water partition coefficient (Wildman–Crippen LogP) is 5.38. The molecule has 0 atom stereocenters. The van der Waals surface area contributed by atoms with Gasteiger partial charge in [0.25, 0.3) is 0 Å². The number of methoxy groups -OCH3 is 1. The van der Waals surface area contributed by atoms with Gasteiger partial charge in [0.2, 0.25) is 0 Å². The summed E-state index contributed by atoms with van der Waals surface area (Å²) in [5.74, 6) is 0.493. The Morgan fingerprint density at radius 2 is 1.86 bits per heavy atom. The summed E-state index contributed by atoms with van der Waals surface area (Å²) in [6.45, 7) is 1.54. The molecule has 2 aromatic heterocycles. The normalized spacial score (nSPS) is 11.2. The van der Waals surface area contributed by atoms with Crippen molar-refractivity contribution in [2.24, 2.45) is 0 Å². The second kappa shape index (κ2) is 8.59. The van der Waals surface area contributed by atoms with Crippen LogP contribution in [0.15, 0.2) is 71.6 Å². The highest BCUT2D eigenvalue weighted by molar-refractivity contribution is 7.07. The Morgan fingerprint density at radius 3 is 2.55 bits per heavy atom. The lowest BCUT2D eigenvalue weighted by Gasteiger charge is -2.15. The van der Waals surface area contributed by atoms with E-state index in [0.717, 1.165) is 29.1 Å². The number of aromatic nitrogens is 2. The van der Waals surface area contributed by atoms with E-state index < -0.39 is 0 Å². The van der Waals surface area contributed by atoms with E-state index in [2.05, 4.69) is 28.8 Å². The molecule has 0 radical (unpaired) electrons.